The molecule has 3 aromatic rings. The van der Waals surface area contributed by atoms with Gasteiger partial charge in [-0.05, 0) is 43.5 Å². The van der Waals surface area contributed by atoms with Crippen LogP contribution in [0, 0.1) is 0 Å². The van der Waals surface area contributed by atoms with E-state index >= 15 is 0 Å². The number of aliphatic hydroxyl groups excluding tert-OH is 1. The van der Waals surface area contributed by atoms with Gasteiger partial charge in [-0.15, -0.1) is 5.10 Å². The first kappa shape index (κ1) is 28.7. The zero-order chi connectivity index (χ0) is 28.2. The number of hydrogen-bond acceptors (Lipinski definition) is 9. The maximum atomic E-state index is 13.6. The highest BCUT2D eigenvalue weighted by Crippen LogP contribution is 2.32. The number of nitrogens with one attached hydrogen (secondary N) is 1. The largest absolute Gasteiger partial charge is 0.493 e. The van der Waals surface area contributed by atoms with Crippen LogP contribution >= 0.6 is 0 Å². The molecule has 0 saturated carbocycles. The Kier molecular flexibility index (Phi) is 9.05. The van der Waals surface area contributed by atoms with Crippen LogP contribution in [0.2, 0.25) is 0 Å². The average molecular weight is 561 g/mol. The van der Waals surface area contributed by atoms with Gasteiger partial charge in [-0.2, -0.15) is 4.31 Å². The summed E-state index contributed by atoms with van der Waals surface area (Å²) in [5.74, 6) is 0.562. The van der Waals surface area contributed by atoms with Crippen LogP contribution in [0.15, 0.2) is 33.0 Å². The minimum absolute atomic E-state index is 0.0277. The molecule has 4 rings (SSSR count). The number of rotatable bonds is 11. The Hall–Kier alpha value is -3.26. The molecular formula is C26H36N6O6S. The molecule has 1 aliphatic rings. The number of hydrogen-bond donors (Lipinski definition) is 3. The second kappa shape index (κ2) is 12.3. The molecule has 0 aliphatic carbocycles. The van der Waals surface area contributed by atoms with Crippen LogP contribution in [0.3, 0.4) is 0 Å². The quantitative estimate of drug-likeness (QED) is 0.182. The van der Waals surface area contributed by atoms with E-state index in [2.05, 4.69) is 10.1 Å². The summed E-state index contributed by atoms with van der Waals surface area (Å²) in [5, 5.41) is 26.4. The molecule has 39 heavy (non-hydrogen) atoms. The third-order valence-corrected chi connectivity index (χ3v) is 8.85. The number of ether oxygens (including phenoxy) is 1. The van der Waals surface area contributed by atoms with Crippen molar-refractivity contribution in [1.29, 1.82) is 0 Å². The van der Waals surface area contributed by atoms with Gasteiger partial charge in [0.15, 0.2) is 5.82 Å². The van der Waals surface area contributed by atoms with Crippen molar-refractivity contribution in [2.45, 2.75) is 44.9 Å². The number of aromatic nitrogens is 3. The maximum Gasteiger partial charge on any atom is 0.275 e. The Labute approximate surface area is 227 Å². The van der Waals surface area contributed by atoms with Gasteiger partial charge in [0.05, 0.1) is 35.6 Å². The lowest BCUT2D eigenvalue weighted by molar-refractivity contribution is 0.151. The molecule has 0 bridgehead atoms. The van der Waals surface area contributed by atoms with Crippen LogP contribution in [0.4, 0.5) is 0 Å². The van der Waals surface area contributed by atoms with Gasteiger partial charge >= 0.3 is 0 Å². The number of piperazine rings is 1. The Morgan fingerprint density at radius 2 is 1.92 bits per heavy atom. The normalized spacial score (nSPS) is 15.5. The third-order valence-electron chi connectivity index (χ3n) is 6.95. The van der Waals surface area contributed by atoms with E-state index in [1.807, 2.05) is 25.7 Å². The van der Waals surface area contributed by atoms with Crippen LogP contribution < -0.4 is 10.3 Å². The van der Waals surface area contributed by atoms with Gasteiger partial charge in [0.2, 0.25) is 10.0 Å². The second-order valence-electron chi connectivity index (χ2n) is 9.31. The lowest BCUT2D eigenvalue weighted by Gasteiger charge is -2.33. The highest BCUT2D eigenvalue weighted by atomic mass is 32.2. The number of oxime groups is 1. The number of nitrogens with zero attached hydrogens (tertiary/aromatic N) is 5. The van der Waals surface area contributed by atoms with Gasteiger partial charge < -0.3 is 20.0 Å². The molecular weight excluding hydrogens is 524 g/mol. The minimum atomic E-state index is -3.83. The monoisotopic (exact) mass is 560 g/mol. The molecule has 0 atom stereocenters. The number of H-pyrrole nitrogens is 1. The van der Waals surface area contributed by atoms with Crippen molar-refractivity contribution in [3.05, 3.63) is 45.4 Å². The molecule has 12 nitrogen and oxygen atoms in total. The smallest absolute Gasteiger partial charge is 0.275 e. The first-order chi connectivity index (χ1) is 18.8. The second-order valence-corrected chi connectivity index (χ2v) is 11.2. The van der Waals surface area contributed by atoms with Gasteiger partial charge in [0.25, 0.3) is 5.56 Å². The average Bonchev–Trinajstić information content (AvgIpc) is 3.22. The first-order valence-electron chi connectivity index (χ1n) is 13.2. The van der Waals surface area contributed by atoms with Crippen LogP contribution in [-0.2, 0) is 22.9 Å². The van der Waals surface area contributed by atoms with Crippen LogP contribution in [-0.4, -0.2) is 94.7 Å². The Bertz CT molecular complexity index is 1510. The van der Waals surface area contributed by atoms with Crippen LogP contribution in [0.5, 0.6) is 5.75 Å². The summed E-state index contributed by atoms with van der Waals surface area (Å²) in [5.41, 5.74) is 2.43. The van der Waals surface area contributed by atoms with E-state index in [1.165, 1.54) is 22.7 Å². The van der Waals surface area contributed by atoms with Crippen molar-refractivity contribution in [3.8, 4) is 17.1 Å². The third kappa shape index (κ3) is 5.57. The maximum absolute atomic E-state index is 13.6. The SMILES string of the molecule is CCCc1c(/C=N/O)c(CC)c2c(=O)[nH]c(-c3cc(S(=O)(=O)N4CCN(CCO)CC4)ccc3OCC)nn12. The molecule has 0 radical (unpaired) electrons. The van der Waals surface area contributed by atoms with E-state index in [1.54, 1.807) is 10.6 Å². The number of β-amino-alcohol motifs (C(OH)–C–C–N with tert-alkyl or cyclic N) is 1. The summed E-state index contributed by atoms with van der Waals surface area (Å²) in [7, 11) is -3.83. The highest BCUT2D eigenvalue weighted by Gasteiger charge is 2.30. The molecule has 212 valence electrons. The molecule has 0 spiro atoms. The fraction of sp³-hybridized carbons (Fsp3) is 0.500. The molecule has 2 aromatic heterocycles. The predicted octanol–water partition coefficient (Wildman–Crippen LogP) is 1.71. The van der Waals surface area contributed by atoms with Crippen molar-refractivity contribution in [1.82, 2.24) is 23.8 Å². The number of aliphatic hydroxyl groups is 1. The predicted molar refractivity (Wildman–Crippen MR) is 147 cm³/mol. The molecule has 1 aliphatic heterocycles. The highest BCUT2D eigenvalue weighted by molar-refractivity contribution is 7.89. The van der Waals surface area contributed by atoms with Crippen molar-refractivity contribution in [2.24, 2.45) is 5.16 Å². The van der Waals surface area contributed by atoms with Crippen molar-refractivity contribution in [2.75, 3.05) is 45.9 Å². The minimum Gasteiger partial charge on any atom is -0.493 e. The van der Waals surface area contributed by atoms with E-state index in [9.17, 15) is 23.5 Å². The summed E-state index contributed by atoms with van der Waals surface area (Å²) >= 11 is 0. The molecule has 3 N–H and O–H groups in total. The Morgan fingerprint density at radius 3 is 2.54 bits per heavy atom. The van der Waals surface area contributed by atoms with Gasteiger partial charge in [-0.1, -0.05) is 25.4 Å². The van der Waals surface area contributed by atoms with Crippen molar-refractivity contribution >= 4 is 21.8 Å². The number of sulfonamides is 1. The lowest BCUT2D eigenvalue weighted by Crippen LogP contribution is -2.49. The van der Waals surface area contributed by atoms with E-state index in [0.717, 1.165) is 17.7 Å². The molecule has 1 fully saturated rings. The fourth-order valence-corrected chi connectivity index (χ4v) is 6.55. The van der Waals surface area contributed by atoms with Gasteiger partial charge in [-0.25, -0.2) is 12.9 Å². The fourth-order valence-electron chi connectivity index (χ4n) is 5.10. The number of fused-ring (bicyclic) bond motifs is 1. The molecule has 0 unspecified atom stereocenters. The molecule has 3 heterocycles. The van der Waals surface area contributed by atoms with Gasteiger partial charge in [0.1, 0.15) is 11.3 Å². The zero-order valence-corrected chi connectivity index (χ0v) is 23.4. The van der Waals surface area contributed by atoms with Crippen molar-refractivity contribution < 1.29 is 23.5 Å². The summed E-state index contributed by atoms with van der Waals surface area (Å²) in [6, 6.07) is 4.58. The first-order valence-corrected chi connectivity index (χ1v) is 14.7. The number of aryl methyl sites for hydroxylation is 2. The summed E-state index contributed by atoms with van der Waals surface area (Å²) < 4.78 is 35.9. The van der Waals surface area contributed by atoms with E-state index < -0.39 is 10.0 Å². The molecule has 1 saturated heterocycles. The Morgan fingerprint density at radius 1 is 1.18 bits per heavy atom. The van der Waals surface area contributed by atoms with E-state index in [4.69, 9.17) is 9.84 Å². The summed E-state index contributed by atoms with van der Waals surface area (Å²) in [4.78, 5) is 18.3. The van der Waals surface area contributed by atoms with Gasteiger partial charge in [-0.3, -0.25) is 9.69 Å². The topological polar surface area (TPSA) is 153 Å². The van der Waals surface area contributed by atoms with Gasteiger partial charge in [0, 0.05) is 38.3 Å². The van der Waals surface area contributed by atoms with E-state index in [-0.39, 0.29) is 22.9 Å². The number of benzene rings is 1. The zero-order valence-electron chi connectivity index (χ0n) is 22.6. The molecule has 0 amide bonds. The molecule has 13 heteroatoms. The van der Waals surface area contributed by atoms with E-state index in [0.29, 0.717) is 74.6 Å². The summed E-state index contributed by atoms with van der Waals surface area (Å²) in [6.45, 7) is 8.29. The van der Waals surface area contributed by atoms with Crippen LogP contribution in [0.25, 0.3) is 16.9 Å². The lowest BCUT2D eigenvalue weighted by atomic mass is 10.1. The standard InChI is InChI=1S/C26H36N6O6S/c1-4-7-22-21(17-27-35)19(5-2)24-26(34)28-25(29-32(22)24)20-16-18(8-9-23(20)38-6-3)39(36,37)31-12-10-30(11-13-31)14-15-33/h8-9,16-17,33,35H,4-7,10-15H2,1-3H3,(H,28,29,34)/b27-17+. The summed E-state index contributed by atoms with van der Waals surface area (Å²) in [6.07, 6.45) is 3.22. The van der Waals surface area contributed by atoms with Crippen molar-refractivity contribution in [3.63, 3.8) is 0 Å². The number of aromatic amines is 1. The Balaban J connectivity index is 1.85. The van der Waals surface area contributed by atoms with Crippen LogP contribution in [0.1, 0.15) is 44.0 Å². The molecule has 1 aromatic carbocycles.